The lowest BCUT2D eigenvalue weighted by Crippen LogP contribution is -2.48. The van der Waals surface area contributed by atoms with Crippen molar-refractivity contribution in [3.8, 4) is 0 Å². The number of nitrogens with one attached hydrogen (secondary N) is 1. The van der Waals surface area contributed by atoms with E-state index < -0.39 is 11.4 Å². The number of amides is 2. The first-order valence-electron chi connectivity index (χ1n) is 8.43. The van der Waals surface area contributed by atoms with Gasteiger partial charge in [-0.3, -0.25) is 14.4 Å². The molecule has 2 aliphatic heterocycles. The summed E-state index contributed by atoms with van der Waals surface area (Å²) in [7, 11) is 0. The average molecular weight is 330 g/mol. The molecule has 0 aromatic heterocycles. The minimum Gasteiger partial charge on any atom is -0.481 e. The lowest BCUT2D eigenvalue weighted by Gasteiger charge is -2.34. The maximum atomic E-state index is 12.8. The van der Waals surface area contributed by atoms with E-state index in [1.54, 1.807) is 4.90 Å². The van der Waals surface area contributed by atoms with Crippen LogP contribution in [-0.4, -0.2) is 40.4 Å². The Morgan fingerprint density at radius 2 is 2.08 bits per heavy atom. The number of carboxylic acids is 1. The van der Waals surface area contributed by atoms with Gasteiger partial charge in [0.1, 0.15) is 0 Å². The molecule has 3 rings (SSSR count). The lowest BCUT2D eigenvalue weighted by molar-refractivity contribution is -0.141. The molecule has 1 aromatic carbocycles. The summed E-state index contributed by atoms with van der Waals surface area (Å²) in [6.45, 7) is 2.52. The van der Waals surface area contributed by atoms with Crippen molar-refractivity contribution in [1.29, 1.82) is 0 Å². The number of rotatable bonds is 5. The molecule has 6 heteroatoms. The Kier molecular flexibility index (Phi) is 4.30. The van der Waals surface area contributed by atoms with E-state index in [9.17, 15) is 14.4 Å². The number of carbonyl (C=O) groups is 3. The molecule has 2 amide bonds. The SMILES string of the molecule is CCC[C@@H]1N(C(=O)CCC(=O)O)CC[C@]12C(=O)Nc1ccccc12. The summed E-state index contributed by atoms with van der Waals surface area (Å²) in [4.78, 5) is 37.8. The van der Waals surface area contributed by atoms with Gasteiger partial charge < -0.3 is 15.3 Å². The van der Waals surface area contributed by atoms with Crippen LogP contribution in [0.2, 0.25) is 0 Å². The van der Waals surface area contributed by atoms with Crippen LogP contribution in [0.4, 0.5) is 5.69 Å². The zero-order valence-corrected chi connectivity index (χ0v) is 13.7. The van der Waals surface area contributed by atoms with Gasteiger partial charge in [0.15, 0.2) is 0 Å². The van der Waals surface area contributed by atoms with Gasteiger partial charge in [-0.15, -0.1) is 0 Å². The number of carboxylic acid groups (broad SMARTS) is 1. The highest BCUT2D eigenvalue weighted by atomic mass is 16.4. The van der Waals surface area contributed by atoms with Crippen molar-refractivity contribution in [2.75, 3.05) is 11.9 Å². The molecule has 2 heterocycles. The minimum absolute atomic E-state index is 0.0190. The Labute approximate surface area is 140 Å². The van der Waals surface area contributed by atoms with Crippen molar-refractivity contribution in [2.45, 2.75) is 50.5 Å². The molecule has 2 atom stereocenters. The number of benzene rings is 1. The summed E-state index contributed by atoms with van der Waals surface area (Å²) >= 11 is 0. The molecular weight excluding hydrogens is 308 g/mol. The molecule has 0 bridgehead atoms. The van der Waals surface area contributed by atoms with E-state index in [1.165, 1.54) is 0 Å². The molecule has 128 valence electrons. The van der Waals surface area contributed by atoms with E-state index in [4.69, 9.17) is 5.11 Å². The van der Waals surface area contributed by atoms with Gasteiger partial charge in [-0.2, -0.15) is 0 Å². The number of hydrogen-bond acceptors (Lipinski definition) is 3. The number of fused-ring (bicyclic) bond motifs is 2. The van der Waals surface area contributed by atoms with Crippen molar-refractivity contribution in [3.05, 3.63) is 29.8 Å². The predicted octanol–water partition coefficient (Wildman–Crippen LogP) is 2.14. The monoisotopic (exact) mass is 330 g/mol. The van der Waals surface area contributed by atoms with Crippen LogP contribution in [0, 0.1) is 0 Å². The lowest BCUT2D eigenvalue weighted by atomic mass is 9.73. The average Bonchev–Trinajstić information content (AvgIpc) is 3.06. The third-order valence-electron chi connectivity index (χ3n) is 5.19. The first-order chi connectivity index (χ1) is 11.5. The number of nitrogens with zero attached hydrogens (tertiary/aromatic N) is 1. The van der Waals surface area contributed by atoms with E-state index in [0.717, 1.165) is 24.1 Å². The zero-order chi connectivity index (χ0) is 17.3. The molecule has 1 fully saturated rings. The fraction of sp³-hybridized carbons (Fsp3) is 0.500. The molecule has 0 radical (unpaired) electrons. The number of likely N-dealkylation sites (tertiary alicyclic amines) is 1. The normalized spacial score (nSPS) is 25.0. The number of para-hydroxylation sites is 1. The Bertz CT molecular complexity index is 687. The van der Waals surface area contributed by atoms with E-state index in [0.29, 0.717) is 13.0 Å². The summed E-state index contributed by atoms with van der Waals surface area (Å²) in [5.74, 6) is -1.20. The molecule has 1 saturated heterocycles. The van der Waals surface area contributed by atoms with Crippen molar-refractivity contribution >= 4 is 23.5 Å². The summed E-state index contributed by atoms with van der Waals surface area (Å²) in [6, 6.07) is 7.43. The van der Waals surface area contributed by atoms with Crippen LogP contribution in [0.15, 0.2) is 24.3 Å². The highest BCUT2D eigenvalue weighted by Gasteiger charge is 2.58. The van der Waals surface area contributed by atoms with E-state index >= 15 is 0 Å². The maximum absolute atomic E-state index is 12.8. The van der Waals surface area contributed by atoms with Crippen molar-refractivity contribution in [1.82, 2.24) is 4.90 Å². The third kappa shape index (κ3) is 2.46. The van der Waals surface area contributed by atoms with Gasteiger partial charge in [0.05, 0.1) is 17.9 Å². The highest BCUT2D eigenvalue weighted by molar-refractivity contribution is 6.07. The number of aliphatic carboxylic acids is 1. The van der Waals surface area contributed by atoms with Gasteiger partial charge in [-0.25, -0.2) is 0 Å². The second-order valence-electron chi connectivity index (χ2n) is 6.51. The largest absolute Gasteiger partial charge is 0.481 e. The van der Waals surface area contributed by atoms with Crippen LogP contribution >= 0.6 is 0 Å². The summed E-state index contributed by atoms with van der Waals surface area (Å²) in [5, 5.41) is 11.8. The minimum atomic E-state index is -0.978. The number of hydrogen-bond donors (Lipinski definition) is 2. The Morgan fingerprint density at radius 3 is 2.79 bits per heavy atom. The summed E-state index contributed by atoms with van der Waals surface area (Å²) in [5.41, 5.74) is 1.08. The standard InChI is InChI=1S/C18H22N2O4/c1-2-5-14-18(10-11-20(14)15(21)8-9-16(22)23)12-6-3-4-7-13(12)19-17(18)24/h3-4,6-7,14H,2,5,8-11H2,1H3,(H,19,24)(H,22,23)/t14-,18+/m0/s1. The van der Waals surface area contributed by atoms with Crippen LogP contribution in [0.25, 0.3) is 0 Å². The van der Waals surface area contributed by atoms with Crippen LogP contribution < -0.4 is 5.32 Å². The van der Waals surface area contributed by atoms with E-state index in [1.807, 2.05) is 31.2 Å². The fourth-order valence-electron chi connectivity index (χ4n) is 4.13. The molecule has 24 heavy (non-hydrogen) atoms. The number of carbonyl (C=O) groups excluding carboxylic acids is 2. The van der Waals surface area contributed by atoms with Gasteiger partial charge >= 0.3 is 5.97 Å². The van der Waals surface area contributed by atoms with Crippen molar-refractivity contribution in [2.24, 2.45) is 0 Å². The topological polar surface area (TPSA) is 86.7 Å². The van der Waals surface area contributed by atoms with Crippen LogP contribution in [-0.2, 0) is 19.8 Å². The first-order valence-corrected chi connectivity index (χ1v) is 8.43. The molecule has 0 unspecified atom stereocenters. The van der Waals surface area contributed by atoms with E-state index in [-0.39, 0.29) is 30.7 Å². The molecule has 2 N–H and O–H groups in total. The molecule has 1 spiro atoms. The molecule has 0 aliphatic carbocycles. The highest BCUT2D eigenvalue weighted by Crippen LogP contribution is 2.49. The third-order valence-corrected chi connectivity index (χ3v) is 5.19. The van der Waals surface area contributed by atoms with Gasteiger partial charge in [-0.1, -0.05) is 31.5 Å². The van der Waals surface area contributed by atoms with Gasteiger partial charge in [-0.05, 0) is 24.5 Å². The van der Waals surface area contributed by atoms with Crippen LogP contribution in [0.1, 0.15) is 44.6 Å². The maximum Gasteiger partial charge on any atom is 0.303 e. The zero-order valence-electron chi connectivity index (χ0n) is 13.7. The predicted molar refractivity (Wildman–Crippen MR) is 88.6 cm³/mol. The molecular formula is C18H22N2O4. The van der Waals surface area contributed by atoms with Gasteiger partial charge in [0.25, 0.3) is 0 Å². The van der Waals surface area contributed by atoms with E-state index in [2.05, 4.69) is 5.32 Å². The molecule has 1 aromatic rings. The van der Waals surface area contributed by atoms with Crippen LogP contribution in [0.5, 0.6) is 0 Å². The fourth-order valence-corrected chi connectivity index (χ4v) is 4.13. The molecule has 2 aliphatic rings. The summed E-state index contributed by atoms with van der Waals surface area (Å²) < 4.78 is 0. The summed E-state index contributed by atoms with van der Waals surface area (Å²) in [6.07, 6.45) is 1.96. The molecule has 6 nitrogen and oxygen atoms in total. The van der Waals surface area contributed by atoms with Gasteiger partial charge in [0, 0.05) is 18.7 Å². The van der Waals surface area contributed by atoms with Crippen molar-refractivity contribution in [3.63, 3.8) is 0 Å². The second kappa shape index (κ2) is 6.26. The quantitative estimate of drug-likeness (QED) is 0.866. The first kappa shape index (κ1) is 16.5. The Hall–Kier alpha value is -2.37. The smallest absolute Gasteiger partial charge is 0.303 e. The number of anilines is 1. The van der Waals surface area contributed by atoms with Crippen molar-refractivity contribution < 1.29 is 19.5 Å². The van der Waals surface area contributed by atoms with Gasteiger partial charge in [0.2, 0.25) is 11.8 Å². The second-order valence-corrected chi connectivity index (χ2v) is 6.51. The Morgan fingerprint density at radius 1 is 1.33 bits per heavy atom. The molecule has 0 saturated carbocycles. The van der Waals surface area contributed by atoms with Crippen LogP contribution in [0.3, 0.4) is 0 Å². The Balaban J connectivity index is 1.94.